The third-order valence-corrected chi connectivity index (χ3v) is 4.27. The van der Waals surface area contributed by atoms with Gasteiger partial charge in [-0.3, -0.25) is 4.68 Å². The maximum absolute atomic E-state index is 6.12. The van der Waals surface area contributed by atoms with E-state index in [0.717, 1.165) is 30.0 Å². The van der Waals surface area contributed by atoms with E-state index in [1.807, 2.05) is 11.7 Å². The molecule has 0 amide bonds. The van der Waals surface area contributed by atoms with Crippen molar-refractivity contribution in [2.45, 2.75) is 45.8 Å². The molecule has 1 fully saturated rings. The Morgan fingerprint density at radius 2 is 2.22 bits per heavy atom. The van der Waals surface area contributed by atoms with Crippen molar-refractivity contribution in [3.63, 3.8) is 0 Å². The summed E-state index contributed by atoms with van der Waals surface area (Å²) in [4.78, 5) is 0. The lowest BCUT2D eigenvalue weighted by Crippen LogP contribution is -2.57. The topological polar surface area (TPSA) is 65.1 Å². The van der Waals surface area contributed by atoms with Crippen LogP contribution in [0.15, 0.2) is 0 Å². The summed E-state index contributed by atoms with van der Waals surface area (Å²) in [5.74, 6) is 0.930. The van der Waals surface area contributed by atoms with Crippen LogP contribution >= 0.6 is 0 Å². The molecular weight excluding hydrogens is 228 g/mol. The average Bonchev–Trinajstić information content (AvgIpc) is 2.60. The van der Waals surface area contributed by atoms with Crippen molar-refractivity contribution in [2.75, 3.05) is 18.2 Å². The van der Waals surface area contributed by atoms with Crippen molar-refractivity contribution in [3.8, 4) is 0 Å². The van der Waals surface area contributed by atoms with Crippen LogP contribution in [-0.2, 0) is 18.2 Å². The van der Waals surface area contributed by atoms with E-state index in [2.05, 4.69) is 31.2 Å². The molecule has 0 spiro atoms. The molecule has 5 nitrogen and oxygen atoms in total. The van der Waals surface area contributed by atoms with Crippen molar-refractivity contribution < 1.29 is 4.74 Å². The Morgan fingerprint density at radius 3 is 2.67 bits per heavy atom. The summed E-state index contributed by atoms with van der Waals surface area (Å²) >= 11 is 0. The maximum atomic E-state index is 6.12. The van der Waals surface area contributed by atoms with Crippen LogP contribution in [0.25, 0.3) is 0 Å². The van der Waals surface area contributed by atoms with Gasteiger partial charge in [-0.1, -0.05) is 20.8 Å². The van der Waals surface area contributed by atoms with Gasteiger partial charge in [-0.2, -0.15) is 5.10 Å². The van der Waals surface area contributed by atoms with E-state index in [4.69, 9.17) is 10.5 Å². The van der Waals surface area contributed by atoms with Gasteiger partial charge in [0, 0.05) is 25.6 Å². The number of nitrogens with two attached hydrogens (primary N) is 1. The van der Waals surface area contributed by atoms with E-state index >= 15 is 0 Å². The predicted molar refractivity (Wildman–Crippen MR) is 73.6 cm³/mol. The zero-order valence-corrected chi connectivity index (χ0v) is 11.9. The standard InChI is InChI=1S/C13H24N4O/c1-6-8-11(14)12(17(4)16-8)15-9-7-10(18-5)13(9,2)3/h9-10,15H,6-7,14H2,1-5H3. The lowest BCUT2D eigenvalue weighted by molar-refractivity contribution is -0.0796. The number of methoxy groups -OCH3 is 1. The Labute approximate surface area is 109 Å². The van der Waals surface area contributed by atoms with Gasteiger partial charge in [-0.05, 0) is 12.8 Å². The first-order chi connectivity index (χ1) is 8.41. The SMILES string of the molecule is CCc1nn(C)c(NC2CC(OC)C2(C)C)c1N. The van der Waals surface area contributed by atoms with E-state index in [-0.39, 0.29) is 5.41 Å². The maximum Gasteiger partial charge on any atom is 0.148 e. The molecule has 0 radical (unpaired) electrons. The molecule has 1 aliphatic rings. The van der Waals surface area contributed by atoms with Crippen LogP contribution in [0.2, 0.25) is 0 Å². The van der Waals surface area contributed by atoms with Crippen LogP contribution in [0.4, 0.5) is 11.5 Å². The molecule has 102 valence electrons. The lowest BCUT2D eigenvalue weighted by atomic mass is 9.64. The Kier molecular flexibility index (Phi) is 3.27. The molecule has 0 aliphatic heterocycles. The van der Waals surface area contributed by atoms with Gasteiger partial charge < -0.3 is 15.8 Å². The number of anilines is 2. The summed E-state index contributed by atoms with van der Waals surface area (Å²) in [6.45, 7) is 6.50. The lowest BCUT2D eigenvalue weighted by Gasteiger charge is -2.51. The van der Waals surface area contributed by atoms with Crippen molar-refractivity contribution in [2.24, 2.45) is 12.5 Å². The van der Waals surface area contributed by atoms with Gasteiger partial charge in [0.05, 0.1) is 17.5 Å². The van der Waals surface area contributed by atoms with Crippen molar-refractivity contribution in [1.29, 1.82) is 0 Å². The van der Waals surface area contributed by atoms with Crippen LogP contribution in [0.3, 0.4) is 0 Å². The molecule has 1 aromatic rings. The minimum absolute atomic E-state index is 0.123. The highest BCUT2D eigenvalue weighted by Gasteiger charge is 2.49. The highest BCUT2D eigenvalue weighted by Crippen LogP contribution is 2.44. The number of hydrogen-bond acceptors (Lipinski definition) is 4. The fraction of sp³-hybridized carbons (Fsp3) is 0.769. The van der Waals surface area contributed by atoms with E-state index < -0.39 is 0 Å². The molecular formula is C13H24N4O. The summed E-state index contributed by atoms with van der Waals surface area (Å²) < 4.78 is 7.30. The fourth-order valence-electron chi connectivity index (χ4n) is 2.72. The highest BCUT2D eigenvalue weighted by atomic mass is 16.5. The van der Waals surface area contributed by atoms with Gasteiger partial charge in [-0.15, -0.1) is 0 Å². The summed E-state index contributed by atoms with van der Waals surface area (Å²) in [6.07, 6.45) is 2.18. The number of nitrogen functional groups attached to an aromatic ring is 1. The molecule has 5 heteroatoms. The van der Waals surface area contributed by atoms with Crippen LogP contribution in [0.1, 0.15) is 32.9 Å². The number of aromatic nitrogens is 2. The second-order valence-electron chi connectivity index (χ2n) is 5.66. The molecule has 2 unspecified atom stereocenters. The first-order valence-electron chi connectivity index (χ1n) is 6.52. The minimum Gasteiger partial charge on any atom is -0.394 e. The monoisotopic (exact) mass is 252 g/mol. The van der Waals surface area contributed by atoms with Gasteiger partial charge in [-0.25, -0.2) is 0 Å². The second kappa shape index (κ2) is 4.46. The molecule has 0 aromatic carbocycles. The van der Waals surface area contributed by atoms with Crippen LogP contribution in [-0.4, -0.2) is 29.0 Å². The average molecular weight is 252 g/mol. The van der Waals surface area contributed by atoms with Gasteiger partial charge in [0.25, 0.3) is 0 Å². The van der Waals surface area contributed by atoms with Gasteiger partial charge in [0.15, 0.2) is 0 Å². The summed E-state index contributed by atoms with van der Waals surface area (Å²) in [5.41, 5.74) is 7.98. The molecule has 0 saturated heterocycles. The van der Waals surface area contributed by atoms with Crippen LogP contribution in [0, 0.1) is 5.41 Å². The normalized spacial score (nSPS) is 25.8. The number of aryl methyl sites for hydroxylation is 2. The van der Waals surface area contributed by atoms with E-state index in [0.29, 0.717) is 12.1 Å². The molecule has 18 heavy (non-hydrogen) atoms. The van der Waals surface area contributed by atoms with Crippen molar-refractivity contribution in [1.82, 2.24) is 9.78 Å². The quantitative estimate of drug-likeness (QED) is 0.857. The number of nitrogens with zero attached hydrogens (tertiary/aromatic N) is 2. The van der Waals surface area contributed by atoms with Crippen LogP contribution in [0.5, 0.6) is 0 Å². The van der Waals surface area contributed by atoms with E-state index in [1.165, 1.54) is 0 Å². The molecule has 1 aliphatic carbocycles. The number of nitrogens with one attached hydrogen (secondary N) is 1. The molecule has 3 N–H and O–H groups in total. The van der Waals surface area contributed by atoms with E-state index in [1.54, 1.807) is 7.11 Å². The Morgan fingerprint density at radius 1 is 1.56 bits per heavy atom. The van der Waals surface area contributed by atoms with Crippen molar-refractivity contribution in [3.05, 3.63) is 5.69 Å². The number of rotatable bonds is 4. The molecule has 2 rings (SSSR count). The van der Waals surface area contributed by atoms with Crippen LogP contribution < -0.4 is 11.1 Å². The van der Waals surface area contributed by atoms with E-state index in [9.17, 15) is 0 Å². The molecule has 0 bridgehead atoms. The van der Waals surface area contributed by atoms with Gasteiger partial charge in [0.1, 0.15) is 5.82 Å². The van der Waals surface area contributed by atoms with Gasteiger partial charge >= 0.3 is 0 Å². The smallest absolute Gasteiger partial charge is 0.148 e. The summed E-state index contributed by atoms with van der Waals surface area (Å²) in [7, 11) is 3.70. The fourth-order valence-corrected chi connectivity index (χ4v) is 2.72. The Balaban J connectivity index is 2.14. The summed E-state index contributed by atoms with van der Waals surface area (Å²) in [5, 5.41) is 7.94. The Hall–Kier alpha value is -1.23. The zero-order valence-electron chi connectivity index (χ0n) is 11.9. The third kappa shape index (κ3) is 1.86. The molecule has 1 aromatic heterocycles. The van der Waals surface area contributed by atoms with Gasteiger partial charge in [0.2, 0.25) is 0 Å². The number of hydrogen-bond donors (Lipinski definition) is 2. The molecule has 1 saturated carbocycles. The van der Waals surface area contributed by atoms with Crippen molar-refractivity contribution >= 4 is 11.5 Å². The highest BCUT2D eigenvalue weighted by molar-refractivity contribution is 5.65. The third-order valence-electron chi connectivity index (χ3n) is 4.27. The molecule has 2 atom stereocenters. The largest absolute Gasteiger partial charge is 0.394 e. The molecule has 1 heterocycles. The predicted octanol–water partition coefficient (Wildman–Crippen LogP) is 1.79. The minimum atomic E-state index is 0.123. The zero-order chi connectivity index (χ0) is 13.5. The second-order valence-corrected chi connectivity index (χ2v) is 5.66. The first kappa shape index (κ1) is 13.2. The Bertz CT molecular complexity index is 438. The first-order valence-corrected chi connectivity index (χ1v) is 6.52. The number of ether oxygens (including phenoxy) is 1. The summed E-state index contributed by atoms with van der Waals surface area (Å²) in [6, 6.07) is 0.379.